The largest absolute Gasteiger partial charge is 0.460 e. The molecule has 5 heteroatoms. The molecule has 0 saturated carbocycles. The molecule has 1 heterocycles. The van der Waals surface area contributed by atoms with E-state index < -0.39 is 12.0 Å². The molecule has 2 aliphatic rings. The molecule has 5 nitrogen and oxygen atoms in total. The van der Waals surface area contributed by atoms with E-state index in [1.165, 1.54) is 0 Å². The molecule has 0 radical (unpaired) electrons. The molecule has 0 amide bonds. The third-order valence-electron chi connectivity index (χ3n) is 4.71. The lowest BCUT2D eigenvalue weighted by Gasteiger charge is -2.30. The predicted molar refractivity (Wildman–Crippen MR) is 90.6 cm³/mol. The van der Waals surface area contributed by atoms with E-state index in [2.05, 4.69) is 24.7 Å². The fourth-order valence-electron chi connectivity index (χ4n) is 3.30. The third-order valence-corrected chi connectivity index (χ3v) is 4.71. The first-order chi connectivity index (χ1) is 11.4. The van der Waals surface area contributed by atoms with Gasteiger partial charge in [-0.3, -0.25) is 9.59 Å². The highest BCUT2D eigenvalue weighted by Crippen LogP contribution is 2.40. The van der Waals surface area contributed by atoms with Gasteiger partial charge in [-0.15, -0.1) is 0 Å². The number of ether oxygens (including phenoxy) is 1. The predicted octanol–water partition coefficient (Wildman–Crippen LogP) is 2.63. The zero-order chi connectivity index (χ0) is 17.2. The Morgan fingerprint density at radius 2 is 2.00 bits per heavy atom. The van der Waals surface area contributed by atoms with Crippen molar-refractivity contribution in [1.29, 1.82) is 0 Å². The lowest BCUT2D eigenvalue weighted by atomic mass is 9.75. The van der Waals surface area contributed by atoms with Crippen LogP contribution in [0.3, 0.4) is 0 Å². The normalized spacial score (nSPS) is 21.8. The number of benzene rings is 1. The number of ketones is 1. The summed E-state index contributed by atoms with van der Waals surface area (Å²) < 4.78 is 5.20. The van der Waals surface area contributed by atoms with Crippen LogP contribution in [0.25, 0.3) is 0 Å². The van der Waals surface area contributed by atoms with Crippen molar-refractivity contribution in [3.05, 3.63) is 47.2 Å². The molecule has 1 aliphatic carbocycles. The quantitative estimate of drug-likeness (QED) is 0.642. The molecule has 0 spiro atoms. The second kappa shape index (κ2) is 6.77. The SMILES string of the molecule is CC1(C)CCC2=C(C1)NNC2C(=O)CC(=O)OCc1ccccc1. The van der Waals surface area contributed by atoms with Crippen LogP contribution < -0.4 is 10.9 Å². The van der Waals surface area contributed by atoms with E-state index in [9.17, 15) is 9.59 Å². The van der Waals surface area contributed by atoms with Gasteiger partial charge in [0.15, 0.2) is 5.78 Å². The van der Waals surface area contributed by atoms with Gasteiger partial charge in [-0.25, -0.2) is 5.43 Å². The van der Waals surface area contributed by atoms with Crippen molar-refractivity contribution in [2.45, 2.75) is 52.2 Å². The Morgan fingerprint density at radius 3 is 2.75 bits per heavy atom. The number of hydrogen-bond donors (Lipinski definition) is 2. The lowest BCUT2D eigenvalue weighted by molar-refractivity contribution is -0.147. The molecular weight excluding hydrogens is 304 g/mol. The molecule has 1 atom stereocenters. The Bertz CT molecular complexity index is 664. The van der Waals surface area contributed by atoms with E-state index in [0.29, 0.717) is 0 Å². The average Bonchev–Trinajstić information content (AvgIpc) is 2.95. The van der Waals surface area contributed by atoms with Crippen LogP contribution >= 0.6 is 0 Å². The molecule has 2 N–H and O–H groups in total. The second-order valence-electron chi connectivity index (χ2n) is 7.34. The van der Waals surface area contributed by atoms with Crippen LogP contribution in [0.1, 0.15) is 45.1 Å². The van der Waals surface area contributed by atoms with Crippen LogP contribution in [-0.4, -0.2) is 17.8 Å². The van der Waals surface area contributed by atoms with Crippen molar-refractivity contribution in [1.82, 2.24) is 10.9 Å². The highest BCUT2D eigenvalue weighted by molar-refractivity contribution is 6.00. The standard InChI is InChI=1S/C19H24N2O3/c1-19(2)9-8-14-15(11-19)20-21-18(14)16(22)10-17(23)24-12-13-6-4-3-5-7-13/h3-7,18,20-21H,8-12H2,1-2H3. The number of nitrogens with one attached hydrogen (secondary N) is 2. The maximum Gasteiger partial charge on any atom is 0.313 e. The summed E-state index contributed by atoms with van der Waals surface area (Å²) in [5.41, 5.74) is 9.55. The highest BCUT2D eigenvalue weighted by atomic mass is 16.5. The van der Waals surface area contributed by atoms with Gasteiger partial charge in [0.05, 0.1) is 0 Å². The Morgan fingerprint density at radius 1 is 1.25 bits per heavy atom. The van der Waals surface area contributed by atoms with E-state index in [-0.39, 0.29) is 24.2 Å². The number of carbonyl (C=O) groups excluding carboxylic acids is 2. The summed E-state index contributed by atoms with van der Waals surface area (Å²) >= 11 is 0. The summed E-state index contributed by atoms with van der Waals surface area (Å²) in [5.74, 6) is -0.610. The van der Waals surface area contributed by atoms with Gasteiger partial charge in [0.2, 0.25) is 0 Å². The lowest BCUT2D eigenvalue weighted by Crippen LogP contribution is -2.39. The van der Waals surface area contributed by atoms with Crippen LogP contribution in [0.4, 0.5) is 0 Å². The van der Waals surface area contributed by atoms with Crippen LogP contribution in [0.2, 0.25) is 0 Å². The first-order valence-corrected chi connectivity index (χ1v) is 8.40. The summed E-state index contributed by atoms with van der Waals surface area (Å²) in [6.45, 7) is 4.66. The van der Waals surface area contributed by atoms with Crippen molar-refractivity contribution in [2.24, 2.45) is 5.41 Å². The maximum atomic E-state index is 12.4. The van der Waals surface area contributed by atoms with E-state index in [1.807, 2.05) is 30.3 Å². The van der Waals surface area contributed by atoms with Crippen molar-refractivity contribution in [2.75, 3.05) is 0 Å². The molecule has 24 heavy (non-hydrogen) atoms. The van der Waals surface area contributed by atoms with Gasteiger partial charge in [-0.05, 0) is 35.8 Å². The number of hydrazine groups is 1. The average molecular weight is 328 g/mol. The first kappa shape index (κ1) is 16.7. The molecule has 0 bridgehead atoms. The van der Waals surface area contributed by atoms with Gasteiger partial charge in [-0.1, -0.05) is 44.2 Å². The Hall–Kier alpha value is -2.14. The minimum atomic E-state index is -0.476. The number of esters is 1. The summed E-state index contributed by atoms with van der Waals surface area (Å²) in [6, 6.07) is 9.06. The summed E-state index contributed by atoms with van der Waals surface area (Å²) in [4.78, 5) is 24.4. The Labute approximate surface area is 142 Å². The van der Waals surface area contributed by atoms with Gasteiger partial charge >= 0.3 is 5.97 Å². The highest BCUT2D eigenvalue weighted by Gasteiger charge is 2.37. The number of carbonyl (C=O) groups is 2. The number of hydrogen-bond acceptors (Lipinski definition) is 5. The minimum Gasteiger partial charge on any atom is -0.460 e. The van der Waals surface area contributed by atoms with Gasteiger partial charge in [-0.2, -0.15) is 0 Å². The van der Waals surface area contributed by atoms with Crippen molar-refractivity contribution in [3.8, 4) is 0 Å². The second-order valence-corrected chi connectivity index (χ2v) is 7.34. The molecule has 0 saturated heterocycles. The minimum absolute atomic E-state index is 0.134. The van der Waals surface area contributed by atoms with Crippen molar-refractivity contribution < 1.29 is 14.3 Å². The van der Waals surface area contributed by atoms with Gasteiger partial charge in [0, 0.05) is 5.70 Å². The summed E-state index contributed by atoms with van der Waals surface area (Å²) in [5, 5.41) is 0. The van der Waals surface area contributed by atoms with Crippen molar-refractivity contribution in [3.63, 3.8) is 0 Å². The molecule has 1 aromatic carbocycles. The molecule has 1 unspecified atom stereocenters. The van der Waals surface area contributed by atoms with E-state index in [4.69, 9.17) is 4.74 Å². The van der Waals surface area contributed by atoms with Crippen molar-refractivity contribution >= 4 is 11.8 Å². The molecule has 1 aliphatic heterocycles. The molecule has 1 aromatic rings. The number of rotatable bonds is 5. The van der Waals surface area contributed by atoms with Crippen LogP contribution in [0.5, 0.6) is 0 Å². The molecule has 3 rings (SSSR count). The third kappa shape index (κ3) is 3.85. The fraction of sp³-hybridized carbons (Fsp3) is 0.474. The molecule has 0 fully saturated rings. The number of allylic oxidation sites excluding steroid dienone is 1. The van der Waals surface area contributed by atoms with E-state index in [1.54, 1.807) is 0 Å². The van der Waals surface area contributed by atoms with Gasteiger partial charge < -0.3 is 10.2 Å². The molecule has 128 valence electrons. The molecular formula is C19H24N2O3. The first-order valence-electron chi connectivity index (χ1n) is 8.40. The van der Waals surface area contributed by atoms with E-state index in [0.717, 1.165) is 36.1 Å². The van der Waals surface area contributed by atoms with Gasteiger partial charge in [0.25, 0.3) is 0 Å². The van der Waals surface area contributed by atoms with Crippen LogP contribution in [0, 0.1) is 5.41 Å². The number of Topliss-reactive ketones (excluding diaryl/α,β-unsaturated/α-hetero) is 1. The monoisotopic (exact) mass is 328 g/mol. The smallest absolute Gasteiger partial charge is 0.313 e. The zero-order valence-electron chi connectivity index (χ0n) is 14.2. The van der Waals surface area contributed by atoms with Crippen LogP contribution in [0.15, 0.2) is 41.6 Å². The zero-order valence-corrected chi connectivity index (χ0v) is 14.2. The van der Waals surface area contributed by atoms with E-state index >= 15 is 0 Å². The summed E-state index contributed by atoms with van der Waals surface area (Å²) in [7, 11) is 0. The van der Waals surface area contributed by atoms with Gasteiger partial charge in [0.1, 0.15) is 19.1 Å². The topological polar surface area (TPSA) is 67.4 Å². The molecule has 0 aromatic heterocycles. The summed E-state index contributed by atoms with van der Waals surface area (Å²) in [6.07, 6.45) is 2.67. The van der Waals surface area contributed by atoms with Crippen LogP contribution in [-0.2, 0) is 20.9 Å². The maximum absolute atomic E-state index is 12.4. The Kier molecular flexibility index (Phi) is 4.71. The Balaban J connectivity index is 1.54. The fourth-order valence-corrected chi connectivity index (χ4v) is 3.30.